The van der Waals surface area contributed by atoms with E-state index >= 15 is 0 Å². The van der Waals surface area contributed by atoms with Crippen LogP contribution in [0.4, 0.5) is 9.59 Å². The van der Waals surface area contributed by atoms with Gasteiger partial charge in [0.2, 0.25) is 0 Å². The van der Waals surface area contributed by atoms with Crippen LogP contribution in [-0.4, -0.2) is 121 Å². The van der Waals surface area contributed by atoms with Crippen LogP contribution < -0.4 is 9.47 Å². The van der Waals surface area contributed by atoms with E-state index in [0.29, 0.717) is 82.4 Å². The Bertz CT molecular complexity index is 3950. The third-order valence-corrected chi connectivity index (χ3v) is 19.3. The van der Waals surface area contributed by atoms with Gasteiger partial charge < -0.3 is 47.0 Å². The van der Waals surface area contributed by atoms with Gasteiger partial charge in [-0.15, -0.1) is 0 Å². The predicted octanol–water partition coefficient (Wildman–Crippen LogP) is 15.2. The van der Waals surface area contributed by atoms with Gasteiger partial charge in [-0.2, -0.15) is 10.5 Å². The zero-order valence-corrected chi connectivity index (χ0v) is 59.4. The van der Waals surface area contributed by atoms with Crippen molar-refractivity contribution in [3.8, 4) is 23.6 Å². The smallest absolute Gasteiger partial charge is 0.419 e. The van der Waals surface area contributed by atoms with E-state index in [1.807, 2.05) is 121 Å². The van der Waals surface area contributed by atoms with Crippen LogP contribution in [0.5, 0.6) is 11.5 Å². The van der Waals surface area contributed by atoms with Crippen molar-refractivity contribution in [1.82, 2.24) is 28.2 Å². The first-order chi connectivity index (χ1) is 43.2. The number of nitriles is 2. The van der Waals surface area contributed by atoms with Gasteiger partial charge in [-0.3, -0.25) is 18.7 Å². The van der Waals surface area contributed by atoms with Crippen LogP contribution in [0.3, 0.4) is 0 Å². The molecule has 4 aromatic carbocycles. The van der Waals surface area contributed by atoms with Crippen molar-refractivity contribution in [3.05, 3.63) is 118 Å². The second kappa shape index (κ2) is 29.1. The summed E-state index contributed by atoms with van der Waals surface area (Å²) in [4.78, 5) is 62.6. The summed E-state index contributed by atoms with van der Waals surface area (Å²) >= 11 is 0. The van der Waals surface area contributed by atoms with Crippen LogP contribution in [0.15, 0.2) is 73.1 Å². The standard InChI is InChI=1S/2C35H46N4O6Si/c1-22-18-29(42-6)30(25-13-14-38(31(22)25)34(41)45-35(3,4)5)26(17-23(2)33(40)43-7)32-37-27-19-24(20-36)11-12-28(27)39(32)21-44-15-16-46(8,9)10;1-22-18-29(42-6)30(25-13-14-38(31(22)25)34(41)45-35(3,4)5)26(17-23(2)33(40)43-7)32-37-27-12-11-24(20-36)19-28(27)39(32)21-44-15-16-46(8,9)10/h2*11-14,18-19,23,26H,15-17,21H2,1-10H3. The summed E-state index contributed by atoms with van der Waals surface area (Å²) in [5, 5.41) is 20.9. The molecule has 4 heterocycles. The second-order valence-electron chi connectivity index (χ2n) is 28.0. The van der Waals surface area contributed by atoms with Gasteiger partial charge in [0, 0.05) is 75.5 Å². The summed E-state index contributed by atoms with van der Waals surface area (Å²) < 4.78 is 53.3. The van der Waals surface area contributed by atoms with Crippen LogP contribution in [0, 0.1) is 48.3 Å². The number of rotatable bonds is 22. The molecule has 4 atom stereocenters. The monoisotopic (exact) mass is 1290 g/mol. The number of benzene rings is 4. The number of imidazole rings is 2. The van der Waals surface area contributed by atoms with E-state index in [9.17, 15) is 29.7 Å². The summed E-state index contributed by atoms with van der Waals surface area (Å²) in [6.45, 7) is 33.9. The Hall–Kier alpha value is -8.29. The van der Waals surface area contributed by atoms with E-state index in [1.165, 1.54) is 23.4 Å². The molecule has 92 heavy (non-hydrogen) atoms. The highest BCUT2D eigenvalue weighted by molar-refractivity contribution is 6.76. The molecule has 8 rings (SSSR count). The third-order valence-electron chi connectivity index (χ3n) is 15.9. The number of esters is 2. The van der Waals surface area contributed by atoms with Gasteiger partial charge >= 0.3 is 24.1 Å². The Morgan fingerprint density at radius 3 is 1.35 bits per heavy atom. The van der Waals surface area contributed by atoms with Gasteiger partial charge in [0.1, 0.15) is 47.8 Å². The van der Waals surface area contributed by atoms with Crippen molar-refractivity contribution in [1.29, 1.82) is 10.5 Å². The van der Waals surface area contributed by atoms with Crippen molar-refractivity contribution in [2.24, 2.45) is 11.8 Å². The van der Waals surface area contributed by atoms with Gasteiger partial charge in [0.25, 0.3) is 0 Å². The van der Waals surface area contributed by atoms with E-state index in [2.05, 4.69) is 51.4 Å². The minimum Gasteiger partial charge on any atom is -0.496 e. The number of ether oxygens (including phenoxy) is 8. The highest BCUT2D eigenvalue weighted by Gasteiger charge is 2.36. The first-order valence-corrected chi connectivity index (χ1v) is 38.5. The van der Waals surface area contributed by atoms with Gasteiger partial charge in [-0.25, -0.2) is 19.6 Å². The molecule has 0 spiro atoms. The number of carbonyl (C=O) groups excluding carboxylic acids is 4. The van der Waals surface area contributed by atoms with E-state index in [-0.39, 0.29) is 25.4 Å². The van der Waals surface area contributed by atoms with Crippen molar-refractivity contribution < 1.29 is 57.1 Å². The van der Waals surface area contributed by atoms with Gasteiger partial charge in [0.05, 0.1) is 96.6 Å². The van der Waals surface area contributed by atoms with E-state index < -0.39 is 63.2 Å². The molecule has 0 fully saturated rings. The molecular formula is C70H92N8O12Si2. The Labute approximate surface area is 542 Å². The van der Waals surface area contributed by atoms with E-state index in [0.717, 1.165) is 56.1 Å². The Morgan fingerprint density at radius 2 is 0.957 bits per heavy atom. The van der Waals surface area contributed by atoms with Gasteiger partial charge in [-0.1, -0.05) is 53.1 Å². The summed E-state index contributed by atoms with van der Waals surface area (Å²) in [7, 11) is 3.29. The quantitative estimate of drug-likeness (QED) is 0.0265. The average molecular weight is 1290 g/mol. The Morgan fingerprint density at radius 1 is 0.554 bits per heavy atom. The fraction of sp³-hybridized carbons (Fsp3) is 0.486. The number of carbonyl (C=O) groups is 4. The van der Waals surface area contributed by atoms with E-state index in [4.69, 9.17) is 47.9 Å². The fourth-order valence-electron chi connectivity index (χ4n) is 11.3. The lowest BCUT2D eigenvalue weighted by Gasteiger charge is -2.25. The first kappa shape index (κ1) is 71.2. The number of nitrogens with zero attached hydrogens (tertiary/aromatic N) is 8. The minimum atomic E-state index is -1.35. The molecule has 0 amide bonds. The lowest BCUT2D eigenvalue weighted by Crippen LogP contribution is -2.27. The normalized spacial score (nSPS) is 13.4. The number of hydrogen-bond acceptors (Lipinski definition) is 16. The molecule has 0 bridgehead atoms. The van der Waals surface area contributed by atoms with E-state index in [1.54, 1.807) is 44.8 Å². The SMILES string of the molecule is COC(=O)C(C)CC(c1c(OC)cc(C)c2c1ccn2C(=O)OC(C)(C)C)c1nc2cc(C#N)ccc2n1COCC[Si](C)(C)C.COC(=O)C(C)CC(c1c(OC)cc(C)c2c1ccn2C(=O)OC(C)(C)C)c1nc2ccc(C#N)cc2n1COCC[Si](C)(C)C. The Kier molecular flexibility index (Phi) is 22.5. The summed E-state index contributed by atoms with van der Waals surface area (Å²) in [6.07, 6.45) is 3.10. The van der Waals surface area contributed by atoms with Crippen LogP contribution in [0.25, 0.3) is 43.9 Å². The average Bonchev–Trinajstić information content (AvgIpc) is 1.58. The topological polar surface area (TPSA) is 235 Å². The van der Waals surface area contributed by atoms with Gasteiger partial charge in [0.15, 0.2) is 0 Å². The summed E-state index contributed by atoms with van der Waals surface area (Å²) in [5.74, 6) is -0.154. The molecular weight excluding hydrogens is 1200 g/mol. The zero-order chi connectivity index (χ0) is 67.9. The Balaban J connectivity index is 0.000000261. The molecule has 22 heteroatoms. The number of fused-ring (bicyclic) bond motifs is 4. The van der Waals surface area contributed by atoms with Crippen molar-refractivity contribution in [2.75, 3.05) is 41.7 Å². The summed E-state index contributed by atoms with van der Waals surface area (Å²) in [5.41, 5.74) is 7.12. The molecule has 20 nitrogen and oxygen atoms in total. The molecule has 0 radical (unpaired) electrons. The van der Waals surface area contributed by atoms with Crippen molar-refractivity contribution in [3.63, 3.8) is 0 Å². The molecule has 4 aromatic heterocycles. The molecule has 0 aliphatic rings. The molecule has 0 aliphatic carbocycles. The molecule has 0 saturated heterocycles. The van der Waals surface area contributed by atoms with Crippen LogP contribution in [0.2, 0.25) is 51.4 Å². The maximum absolute atomic E-state index is 13.3. The van der Waals surface area contributed by atoms with Crippen LogP contribution in [0.1, 0.15) is 125 Å². The highest BCUT2D eigenvalue weighted by Crippen LogP contribution is 2.46. The van der Waals surface area contributed by atoms with Gasteiger partial charge in [-0.05, 0) is 152 Å². The molecule has 0 aliphatic heterocycles. The van der Waals surface area contributed by atoms with Crippen molar-refractivity contribution in [2.45, 2.75) is 170 Å². The second-order valence-corrected chi connectivity index (χ2v) is 39.3. The predicted molar refractivity (Wildman–Crippen MR) is 362 cm³/mol. The summed E-state index contributed by atoms with van der Waals surface area (Å²) in [6, 6.07) is 24.8. The molecule has 8 aromatic rings. The van der Waals surface area contributed by atoms with Crippen LogP contribution in [-0.2, 0) is 51.5 Å². The molecule has 0 saturated carbocycles. The minimum absolute atomic E-state index is 0.213. The maximum Gasteiger partial charge on any atom is 0.419 e. The fourth-order valence-corrected chi connectivity index (χ4v) is 12.9. The first-order valence-electron chi connectivity index (χ1n) is 31.1. The maximum atomic E-state index is 13.3. The third kappa shape index (κ3) is 16.9. The highest BCUT2D eigenvalue weighted by atomic mass is 28.3. The zero-order valence-electron chi connectivity index (χ0n) is 57.4. The lowest BCUT2D eigenvalue weighted by atomic mass is 9.85. The number of aromatic nitrogens is 6. The molecule has 492 valence electrons. The molecule has 4 unspecified atom stereocenters. The molecule has 0 N–H and O–H groups in total. The van der Waals surface area contributed by atoms with Crippen LogP contribution >= 0.6 is 0 Å². The number of aryl methyl sites for hydroxylation is 2. The van der Waals surface area contributed by atoms with Crippen molar-refractivity contribution >= 4 is 84.1 Å². The number of methoxy groups -OCH3 is 4. The number of hydrogen-bond donors (Lipinski definition) is 0. The lowest BCUT2D eigenvalue weighted by molar-refractivity contribution is -0.146. The largest absolute Gasteiger partial charge is 0.496 e.